The average molecular weight is 441 g/mol. The zero-order valence-corrected chi connectivity index (χ0v) is 18.3. The number of carbonyl (C=O) groups excluding carboxylic acids is 2. The molecule has 2 aromatic heterocycles. The second kappa shape index (κ2) is 8.82. The predicted molar refractivity (Wildman–Crippen MR) is 124 cm³/mol. The number of carbonyl (C=O) groups is 2. The van der Waals surface area contributed by atoms with E-state index in [-0.39, 0.29) is 23.8 Å². The Morgan fingerprint density at radius 3 is 2.55 bits per heavy atom. The van der Waals surface area contributed by atoms with E-state index in [1.54, 1.807) is 22.8 Å². The minimum Gasteiger partial charge on any atom is -0.300 e. The van der Waals surface area contributed by atoms with Gasteiger partial charge in [-0.1, -0.05) is 65.9 Å². The van der Waals surface area contributed by atoms with Crippen LogP contribution in [-0.4, -0.2) is 43.5 Å². The van der Waals surface area contributed by atoms with Crippen molar-refractivity contribution in [1.29, 1.82) is 0 Å². The van der Waals surface area contributed by atoms with E-state index in [1.165, 1.54) is 0 Å². The first-order valence-electron chi connectivity index (χ1n) is 11.0. The number of Topliss-reactive ketones (excluding diaryl/α,β-unsaturated/α-hetero) is 1. The van der Waals surface area contributed by atoms with Crippen LogP contribution in [0.25, 0.3) is 11.3 Å². The lowest BCUT2D eigenvalue weighted by atomic mass is 9.96. The van der Waals surface area contributed by atoms with Gasteiger partial charge in [0.1, 0.15) is 11.5 Å². The van der Waals surface area contributed by atoms with E-state index in [9.17, 15) is 9.59 Å². The molecule has 8 nitrogen and oxygen atoms in total. The molecule has 1 aliphatic heterocycles. The summed E-state index contributed by atoms with van der Waals surface area (Å²) in [6.07, 6.45) is 2.29. The average Bonchev–Trinajstić information content (AvgIpc) is 3.47. The van der Waals surface area contributed by atoms with Crippen LogP contribution in [0.15, 0.2) is 72.9 Å². The van der Waals surface area contributed by atoms with Crippen LogP contribution in [-0.2, 0) is 17.9 Å². The molecule has 0 saturated carbocycles. The molecule has 0 aliphatic carbocycles. The Hall–Kier alpha value is -4.07. The molecule has 1 atom stereocenters. The topological polar surface area (TPSA) is 85.9 Å². The maximum absolute atomic E-state index is 13.2. The molecule has 8 heteroatoms. The van der Waals surface area contributed by atoms with Gasteiger partial charge < -0.3 is 0 Å². The standard InChI is InChI=1S/C25H24N6O2/c1-29-24-15-21(19-10-6-3-7-11-19)27-31(24)13-12-20(25(29)33)14-23(32)22-17-30(28-26-22)16-18-8-4-2-5-9-18/h2-11,15,17,20H,12-14,16H2,1H3. The van der Waals surface area contributed by atoms with Gasteiger partial charge in [-0.2, -0.15) is 5.10 Å². The lowest BCUT2D eigenvalue weighted by molar-refractivity contribution is -0.122. The Labute approximate surface area is 191 Å². The molecule has 1 amide bonds. The summed E-state index contributed by atoms with van der Waals surface area (Å²) < 4.78 is 3.49. The molecule has 166 valence electrons. The molecule has 0 radical (unpaired) electrons. The lowest BCUT2D eigenvalue weighted by Gasteiger charge is -2.18. The molecule has 0 spiro atoms. The molecule has 4 aromatic rings. The number of rotatable bonds is 6. The highest BCUT2D eigenvalue weighted by molar-refractivity contribution is 6.00. The SMILES string of the molecule is CN1C(=O)C(CC(=O)c2cn(Cc3ccccc3)nn2)CCn2nc(-c3ccccc3)cc21. The van der Waals surface area contributed by atoms with Gasteiger partial charge in [-0.15, -0.1) is 5.10 Å². The summed E-state index contributed by atoms with van der Waals surface area (Å²) in [4.78, 5) is 27.7. The summed E-state index contributed by atoms with van der Waals surface area (Å²) in [6, 6.07) is 21.7. The number of fused-ring (bicyclic) bond motifs is 1. The summed E-state index contributed by atoms with van der Waals surface area (Å²) in [6.45, 7) is 1.11. The fourth-order valence-corrected chi connectivity index (χ4v) is 4.17. The Morgan fingerprint density at radius 2 is 1.79 bits per heavy atom. The molecule has 0 N–H and O–H groups in total. The van der Waals surface area contributed by atoms with Crippen LogP contribution < -0.4 is 4.90 Å². The fraction of sp³-hybridized carbons (Fsp3) is 0.240. The summed E-state index contributed by atoms with van der Waals surface area (Å²) in [7, 11) is 1.74. The fourth-order valence-electron chi connectivity index (χ4n) is 4.17. The van der Waals surface area contributed by atoms with E-state index in [1.807, 2.05) is 71.4 Å². The number of anilines is 1. The molecular weight excluding hydrogens is 416 g/mol. The van der Waals surface area contributed by atoms with Gasteiger partial charge >= 0.3 is 0 Å². The van der Waals surface area contributed by atoms with Crippen LogP contribution in [0, 0.1) is 5.92 Å². The van der Waals surface area contributed by atoms with Crippen molar-refractivity contribution in [3.63, 3.8) is 0 Å². The monoisotopic (exact) mass is 440 g/mol. The minimum absolute atomic E-state index is 0.0849. The smallest absolute Gasteiger partial charge is 0.231 e. The Morgan fingerprint density at radius 1 is 1.06 bits per heavy atom. The maximum Gasteiger partial charge on any atom is 0.231 e. The van der Waals surface area contributed by atoms with Crippen LogP contribution in [0.1, 0.15) is 28.9 Å². The molecule has 2 aromatic carbocycles. The number of benzene rings is 2. The van der Waals surface area contributed by atoms with Crippen molar-refractivity contribution in [3.05, 3.63) is 84.2 Å². The predicted octanol–water partition coefficient (Wildman–Crippen LogP) is 3.45. The molecule has 0 saturated heterocycles. The second-order valence-electron chi connectivity index (χ2n) is 8.27. The maximum atomic E-state index is 13.2. The summed E-state index contributed by atoms with van der Waals surface area (Å²) in [5.74, 6) is 0.0510. The molecule has 33 heavy (non-hydrogen) atoms. The van der Waals surface area contributed by atoms with Gasteiger partial charge in [0.15, 0.2) is 5.78 Å². The largest absolute Gasteiger partial charge is 0.300 e. The van der Waals surface area contributed by atoms with Crippen molar-refractivity contribution < 1.29 is 9.59 Å². The van der Waals surface area contributed by atoms with Gasteiger partial charge in [-0.25, -0.2) is 9.36 Å². The van der Waals surface area contributed by atoms with Crippen LogP contribution in [0.5, 0.6) is 0 Å². The number of amides is 1. The Kier molecular flexibility index (Phi) is 5.56. The molecule has 0 fully saturated rings. The zero-order chi connectivity index (χ0) is 22.8. The van der Waals surface area contributed by atoms with E-state index in [0.29, 0.717) is 19.5 Å². The van der Waals surface area contributed by atoms with Gasteiger partial charge in [0.2, 0.25) is 5.91 Å². The Balaban J connectivity index is 1.27. The Bertz CT molecular complexity index is 1280. The highest BCUT2D eigenvalue weighted by Gasteiger charge is 2.31. The van der Waals surface area contributed by atoms with Crippen LogP contribution >= 0.6 is 0 Å². The molecule has 0 bridgehead atoms. The normalized spacial score (nSPS) is 15.8. The van der Waals surface area contributed by atoms with Crippen molar-refractivity contribution in [3.8, 4) is 11.3 Å². The number of hydrogen-bond donors (Lipinski definition) is 0. The van der Waals surface area contributed by atoms with Crippen molar-refractivity contribution in [2.24, 2.45) is 5.92 Å². The van der Waals surface area contributed by atoms with Crippen molar-refractivity contribution in [2.45, 2.75) is 25.9 Å². The van der Waals surface area contributed by atoms with Gasteiger partial charge in [0.25, 0.3) is 0 Å². The first-order valence-corrected chi connectivity index (χ1v) is 11.0. The molecular formula is C25H24N6O2. The quantitative estimate of drug-likeness (QED) is 0.429. The van der Waals surface area contributed by atoms with Crippen LogP contribution in [0.4, 0.5) is 5.82 Å². The molecule has 3 heterocycles. The second-order valence-corrected chi connectivity index (χ2v) is 8.27. The number of nitrogens with zero attached hydrogens (tertiary/aromatic N) is 6. The molecule has 5 rings (SSSR count). The first kappa shape index (κ1) is 20.8. The summed E-state index contributed by atoms with van der Waals surface area (Å²) in [5, 5.41) is 12.8. The van der Waals surface area contributed by atoms with E-state index < -0.39 is 5.92 Å². The van der Waals surface area contributed by atoms with Crippen LogP contribution in [0.3, 0.4) is 0 Å². The van der Waals surface area contributed by atoms with Crippen molar-refractivity contribution in [1.82, 2.24) is 24.8 Å². The number of aryl methyl sites for hydroxylation is 1. The van der Waals surface area contributed by atoms with Gasteiger partial charge in [-0.05, 0) is 12.0 Å². The third kappa shape index (κ3) is 4.32. The minimum atomic E-state index is -0.427. The van der Waals surface area contributed by atoms with Gasteiger partial charge in [0, 0.05) is 37.6 Å². The summed E-state index contributed by atoms with van der Waals surface area (Å²) >= 11 is 0. The van der Waals surface area contributed by atoms with E-state index in [0.717, 1.165) is 22.6 Å². The van der Waals surface area contributed by atoms with Crippen molar-refractivity contribution in [2.75, 3.05) is 11.9 Å². The van der Waals surface area contributed by atoms with E-state index in [2.05, 4.69) is 10.3 Å². The van der Waals surface area contributed by atoms with Crippen LogP contribution in [0.2, 0.25) is 0 Å². The van der Waals surface area contributed by atoms with Gasteiger partial charge in [-0.3, -0.25) is 14.5 Å². The third-order valence-corrected chi connectivity index (χ3v) is 5.98. The highest BCUT2D eigenvalue weighted by Crippen LogP contribution is 2.29. The molecule has 1 unspecified atom stereocenters. The number of hydrogen-bond acceptors (Lipinski definition) is 5. The third-order valence-electron chi connectivity index (χ3n) is 5.98. The van der Waals surface area contributed by atoms with Crippen molar-refractivity contribution >= 4 is 17.5 Å². The highest BCUT2D eigenvalue weighted by atomic mass is 16.2. The lowest BCUT2D eigenvalue weighted by Crippen LogP contribution is -2.33. The van der Waals surface area contributed by atoms with Gasteiger partial charge in [0.05, 0.1) is 18.4 Å². The zero-order valence-electron chi connectivity index (χ0n) is 18.3. The number of aromatic nitrogens is 5. The first-order chi connectivity index (χ1) is 16.1. The van der Waals surface area contributed by atoms with E-state index >= 15 is 0 Å². The van der Waals surface area contributed by atoms with E-state index in [4.69, 9.17) is 5.10 Å². The molecule has 1 aliphatic rings. The number of ketones is 1. The summed E-state index contributed by atoms with van der Waals surface area (Å²) in [5.41, 5.74) is 3.19.